The van der Waals surface area contributed by atoms with E-state index in [-0.39, 0.29) is 11.7 Å². The van der Waals surface area contributed by atoms with Crippen molar-refractivity contribution in [3.63, 3.8) is 0 Å². The molecule has 21 heavy (non-hydrogen) atoms. The lowest BCUT2D eigenvalue weighted by Crippen LogP contribution is -2.07. The Morgan fingerprint density at radius 3 is 2.48 bits per heavy atom. The standard InChI is InChI=1S/C16H21FN4/c1-5-18-14-9-15(21-16(20-14)10(2)3)19-13-7-6-11(4)8-12(13)17/h6-10H,5H2,1-4H3,(H2,18,19,20,21). The molecule has 0 saturated carbocycles. The molecular formula is C16H21FN4. The highest BCUT2D eigenvalue weighted by atomic mass is 19.1. The van der Waals surface area contributed by atoms with E-state index in [0.29, 0.717) is 11.5 Å². The van der Waals surface area contributed by atoms with Gasteiger partial charge in [-0.25, -0.2) is 14.4 Å². The summed E-state index contributed by atoms with van der Waals surface area (Å²) in [6.45, 7) is 8.69. The van der Waals surface area contributed by atoms with Crippen molar-refractivity contribution < 1.29 is 4.39 Å². The molecule has 0 aliphatic carbocycles. The normalized spacial score (nSPS) is 10.8. The average molecular weight is 288 g/mol. The van der Waals surface area contributed by atoms with Gasteiger partial charge < -0.3 is 10.6 Å². The number of nitrogens with one attached hydrogen (secondary N) is 2. The molecule has 5 heteroatoms. The summed E-state index contributed by atoms with van der Waals surface area (Å²) in [4.78, 5) is 8.89. The number of anilines is 3. The maximum Gasteiger partial charge on any atom is 0.146 e. The summed E-state index contributed by atoms with van der Waals surface area (Å²) in [6.07, 6.45) is 0. The fourth-order valence-electron chi connectivity index (χ4n) is 1.92. The highest BCUT2D eigenvalue weighted by Gasteiger charge is 2.09. The predicted octanol–water partition coefficient (Wildman–Crippen LogP) is 4.22. The molecule has 0 atom stereocenters. The summed E-state index contributed by atoms with van der Waals surface area (Å²) in [5, 5.41) is 6.20. The van der Waals surface area contributed by atoms with Crippen molar-refractivity contribution in [2.24, 2.45) is 0 Å². The van der Waals surface area contributed by atoms with Gasteiger partial charge in [0.05, 0.1) is 5.69 Å². The van der Waals surface area contributed by atoms with Crippen LogP contribution in [0.15, 0.2) is 24.3 Å². The highest BCUT2D eigenvalue weighted by Crippen LogP contribution is 2.23. The van der Waals surface area contributed by atoms with E-state index in [4.69, 9.17) is 0 Å². The lowest BCUT2D eigenvalue weighted by Gasteiger charge is -2.13. The quantitative estimate of drug-likeness (QED) is 0.864. The maximum absolute atomic E-state index is 13.9. The van der Waals surface area contributed by atoms with Crippen LogP contribution in [0.2, 0.25) is 0 Å². The fraction of sp³-hybridized carbons (Fsp3) is 0.375. The van der Waals surface area contributed by atoms with E-state index < -0.39 is 0 Å². The van der Waals surface area contributed by atoms with Gasteiger partial charge in [0.2, 0.25) is 0 Å². The van der Waals surface area contributed by atoms with E-state index in [1.165, 1.54) is 6.07 Å². The molecule has 0 amide bonds. The molecule has 0 fully saturated rings. The van der Waals surface area contributed by atoms with Gasteiger partial charge >= 0.3 is 0 Å². The zero-order valence-electron chi connectivity index (χ0n) is 12.9. The molecule has 4 nitrogen and oxygen atoms in total. The van der Waals surface area contributed by atoms with Crippen molar-refractivity contribution in [3.05, 3.63) is 41.5 Å². The van der Waals surface area contributed by atoms with Crippen LogP contribution in [0.4, 0.5) is 21.7 Å². The Morgan fingerprint density at radius 2 is 1.86 bits per heavy atom. The molecule has 1 heterocycles. The summed E-state index contributed by atoms with van der Waals surface area (Å²) in [6, 6.07) is 6.86. The highest BCUT2D eigenvalue weighted by molar-refractivity contribution is 5.60. The summed E-state index contributed by atoms with van der Waals surface area (Å²) < 4.78 is 13.9. The van der Waals surface area contributed by atoms with E-state index in [1.807, 2.05) is 33.8 Å². The maximum atomic E-state index is 13.9. The number of aryl methyl sites for hydroxylation is 1. The van der Waals surface area contributed by atoms with Gasteiger partial charge in [0.1, 0.15) is 23.3 Å². The van der Waals surface area contributed by atoms with Gasteiger partial charge in [-0.2, -0.15) is 0 Å². The van der Waals surface area contributed by atoms with Gasteiger partial charge in [0, 0.05) is 18.5 Å². The number of rotatable bonds is 5. The lowest BCUT2D eigenvalue weighted by atomic mass is 10.2. The largest absolute Gasteiger partial charge is 0.370 e. The molecule has 2 N–H and O–H groups in total. The first kappa shape index (κ1) is 15.2. The molecular weight excluding hydrogens is 267 g/mol. The first-order valence-corrected chi connectivity index (χ1v) is 7.15. The molecule has 112 valence electrons. The summed E-state index contributed by atoms with van der Waals surface area (Å²) in [5.74, 6) is 1.97. The van der Waals surface area contributed by atoms with Crippen LogP contribution < -0.4 is 10.6 Å². The topological polar surface area (TPSA) is 49.8 Å². The van der Waals surface area contributed by atoms with Crippen LogP contribution >= 0.6 is 0 Å². The zero-order valence-corrected chi connectivity index (χ0v) is 12.9. The summed E-state index contributed by atoms with van der Waals surface area (Å²) in [7, 11) is 0. The minimum Gasteiger partial charge on any atom is -0.370 e. The van der Waals surface area contributed by atoms with Crippen molar-refractivity contribution in [2.75, 3.05) is 17.2 Å². The predicted molar refractivity (Wildman–Crippen MR) is 84.7 cm³/mol. The number of aromatic nitrogens is 2. The van der Waals surface area contributed by atoms with E-state index in [1.54, 1.807) is 12.1 Å². The van der Waals surface area contributed by atoms with Gasteiger partial charge in [-0.3, -0.25) is 0 Å². The van der Waals surface area contributed by atoms with Crippen molar-refractivity contribution in [1.29, 1.82) is 0 Å². The fourth-order valence-corrected chi connectivity index (χ4v) is 1.92. The molecule has 0 spiro atoms. The number of nitrogens with zero attached hydrogens (tertiary/aromatic N) is 2. The molecule has 2 aromatic rings. The minimum atomic E-state index is -0.287. The molecule has 0 unspecified atom stereocenters. The molecule has 0 radical (unpaired) electrons. The van der Waals surface area contributed by atoms with E-state index in [9.17, 15) is 4.39 Å². The number of benzene rings is 1. The van der Waals surface area contributed by atoms with Gasteiger partial charge in [-0.15, -0.1) is 0 Å². The minimum absolute atomic E-state index is 0.201. The van der Waals surface area contributed by atoms with Gasteiger partial charge in [0.15, 0.2) is 0 Å². The second-order valence-electron chi connectivity index (χ2n) is 5.29. The van der Waals surface area contributed by atoms with Crippen molar-refractivity contribution in [2.45, 2.75) is 33.6 Å². The summed E-state index contributed by atoms with van der Waals surface area (Å²) >= 11 is 0. The van der Waals surface area contributed by atoms with Crippen molar-refractivity contribution >= 4 is 17.3 Å². The molecule has 0 aliphatic rings. The molecule has 0 aliphatic heterocycles. The molecule has 2 rings (SSSR count). The van der Waals surface area contributed by atoms with Crippen LogP contribution in [0.1, 0.15) is 38.1 Å². The van der Waals surface area contributed by atoms with Crippen LogP contribution in [0.5, 0.6) is 0 Å². The zero-order chi connectivity index (χ0) is 15.4. The Bertz CT molecular complexity index is 626. The Morgan fingerprint density at radius 1 is 1.14 bits per heavy atom. The number of hydrogen-bond donors (Lipinski definition) is 2. The average Bonchev–Trinajstić information content (AvgIpc) is 2.42. The SMILES string of the molecule is CCNc1cc(Nc2ccc(C)cc2F)nc(C(C)C)n1. The summed E-state index contributed by atoms with van der Waals surface area (Å²) in [5.41, 5.74) is 1.30. The van der Waals surface area contributed by atoms with Gasteiger partial charge in [-0.05, 0) is 31.5 Å². The first-order valence-electron chi connectivity index (χ1n) is 7.15. The van der Waals surface area contributed by atoms with Crippen LogP contribution in [-0.4, -0.2) is 16.5 Å². The molecule has 0 saturated heterocycles. The van der Waals surface area contributed by atoms with E-state index in [0.717, 1.165) is 23.8 Å². The second kappa shape index (κ2) is 6.52. The van der Waals surface area contributed by atoms with E-state index >= 15 is 0 Å². The number of halogens is 1. The smallest absolute Gasteiger partial charge is 0.146 e. The number of hydrogen-bond acceptors (Lipinski definition) is 4. The monoisotopic (exact) mass is 288 g/mol. The third kappa shape index (κ3) is 3.90. The molecule has 0 bridgehead atoms. The first-order chi connectivity index (χ1) is 9.99. The van der Waals surface area contributed by atoms with Crippen LogP contribution in [-0.2, 0) is 0 Å². The molecule has 1 aromatic heterocycles. The Hall–Kier alpha value is -2.17. The lowest BCUT2D eigenvalue weighted by molar-refractivity contribution is 0.630. The third-order valence-electron chi connectivity index (χ3n) is 3.01. The van der Waals surface area contributed by atoms with Crippen LogP contribution in [0.25, 0.3) is 0 Å². The van der Waals surface area contributed by atoms with Crippen LogP contribution in [0.3, 0.4) is 0 Å². The van der Waals surface area contributed by atoms with Gasteiger partial charge in [-0.1, -0.05) is 19.9 Å². The van der Waals surface area contributed by atoms with E-state index in [2.05, 4.69) is 20.6 Å². The van der Waals surface area contributed by atoms with Gasteiger partial charge in [0.25, 0.3) is 0 Å². The Labute approximate surface area is 124 Å². The molecule has 1 aromatic carbocycles. The van der Waals surface area contributed by atoms with Crippen LogP contribution in [0, 0.1) is 12.7 Å². The van der Waals surface area contributed by atoms with Crippen molar-refractivity contribution in [3.8, 4) is 0 Å². The second-order valence-corrected chi connectivity index (χ2v) is 5.29. The Balaban J connectivity index is 2.33. The Kier molecular flexibility index (Phi) is 4.73. The third-order valence-corrected chi connectivity index (χ3v) is 3.01. The van der Waals surface area contributed by atoms with Crippen molar-refractivity contribution in [1.82, 2.24) is 9.97 Å².